The zero-order valence-corrected chi connectivity index (χ0v) is 26.5. The average Bonchev–Trinajstić information content (AvgIpc) is 3.30. The summed E-state index contributed by atoms with van der Waals surface area (Å²) in [6, 6.07) is 11.0. The SMILES string of the molecule is COc1cc(C2C3=CCC4C(=O)N(c5ccc(N6CCOCC6)cc5)C(=O)C4C3CC3=C2C(=O)C=C(C)C3=O)cc(I)c1O. The summed E-state index contributed by atoms with van der Waals surface area (Å²) in [7, 11) is 1.46. The van der Waals surface area contributed by atoms with Gasteiger partial charge in [0.15, 0.2) is 23.1 Å². The molecule has 2 aromatic rings. The first-order chi connectivity index (χ1) is 21.2. The van der Waals surface area contributed by atoms with Crippen LogP contribution in [0.2, 0.25) is 0 Å². The predicted octanol–water partition coefficient (Wildman–Crippen LogP) is 4.48. The Morgan fingerprint density at radius 3 is 2.39 bits per heavy atom. The van der Waals surface area contributed by atoms with Crippen molar-refractivity contribution < 1.29 is 33.8 Å². The number of hydrogen-bond donors (Lipinski definition) is 1. The van der Waals surface area contributed by atoms with E-state index in [9.17, 15) is 24.3 Å². The lowest BCUT2D eigenvalue weighted by molar-refractivity contribution is -0.123. The number of morpholine rings is 1. The molecule has 0 spiro atoms. The summed E-state index contributed by atoms with van der Waals surface area (Å²) in [5, 5.41) is 10.5. The number of Topliss-reactive ketones (excluding diaryl/α,β-unsaturated/α-hetero) is 1. The number of aromatic hydroxyl groups is 1. The minimum atomic E-state index is -0.662. The predicted molar refractivity (Wildman–Crippen MR) is 171 cm³/mol. The molecule has 5 aliphatic rings. The monoisotopic (exact) mass is 706 g/mol. The van der Waals surface area contributed by atoms with Crippen molar-refractivity contribution in [3.63, 3.8) is 0 Å². The van der Waals surface area contributed by atoms with Gasteiger partial charge in [-0.1, -0.05) is 11.6 Å². The Morgan fingerprint density at radius 2 is 1.68 bits per heavy atom. The third kappa shape index (κ3) is 4.44. The first kappa shape index (κ1) is 29.0. The number of phenols is 1. The molecule has 10 heteroatoms. The summed E-state index contributed by atoms with van der Waals surface area (Å²) in [6.45, 7) is 4.50. The second-order valence-electron chi connectivity index (χ2n) is 11.9. The number of allylic oxidation sites excluding steroid dienone is 6. The maximum Gasteiger partial charge on any atom is 0.238 e. The number of phenolic OH excluding ortho intramolecular Hbond substituents is 1. The zero-order chi connectivity index (χ0) is 30.9. The first-order valence-corrected chi connectivity index (χ1v) is 15.8. The largest absolute Gasteiger partial charge is 0.504 e. The van der Waals surface area contributed by atoms with Crippen LogP contribution in [0.15, 0.2) is 70.8 Å². The average molecular weight is 707 g/mol. The van der Waals surface area contributed by atoms with Gasteiger partial charge in [-0.3, -0.25) is 24.1 Å². The normalized spacial score (nSPS) is 26.7. The van der Waals surface area contributed by atoms with Crippen LogP contribution in [0.3, 0.4) is 0 Å². The second-order valence-corrected chi connectivity index (χ2v) is 13.1. The lowest BCUT2D eigenvalue weighted by atomic mass is 9.59. The first-order valence-electron chi connectivity index (χ1n) is 14.8. The Bertz CT molecular complexity index is 1720. The molecule has 4 unspecified atom stereocenters. The van der Waals surface area contributed by atoms with Gasteiger partial charge in [0.05, 0.1) is 41.4 Å². The van der Waals surface area contributed by atoms with Crippen molar-refractivity contribution in [2.24, 2.45) is 17.8 Å². The highest BCUT2D eigenvalue weighted by Crippen LogP contribution is 2.56. The molecule has 2 aromatic carbocycles. The smallest absolute Gasteiger partial charge is 0.238 e. The Hall–Kier alpha value is -3.77. The molecule has 2 fully saturated rings. The Labute approximate surface area is 268 Å². The van der Waals surface area contributed by atoms with E-state index in [-0.39, 0.29) is 41.3 Å². The minimum Gasteiger partial charge on any atom is -0.504 e. The standard InChI is InChI=1S/C34H31IN2O7/c1-17-13-26(38)30-24(31(17)39)16-23-21(28(30)18-14-25(35)32(40)27(15-18)43-2)7-8-22-29(23)34(42)37(33(22)41)20-5-3-19(4-6-20)36-9-11-44-12-10-36/h3-7,13-15,22-23,28-29,40H,8-12,16H2,1-2H3. The van der Waals surface area contributed by atoms with Gasteiger partial charge in [-0.15, -0.1) is 0 Å². The molecule has 9 nitrogen and oxygen atoms in total. The van der Waals surface area contributed by atoms with Crippen LogP contribution in [-0.2, 0) is 23.9 Å². The lowest BCUT2D eigenvalue weighted by Crippen LogP contribution is -2.39. The number of carbonyl (C=O) groups is 4. The Balaban J connectivity index is 1.28. The third-order valence-corrected chi connectivity index (χ3v) is 10.5. The molecule has 0 bridgehead atoms. The van der Waals surface area contributed by atoms with Crippen LogP contribution in [0, 0.1) is 21.3 Å². The number of hydrogen-bond acceptors (Lipinski definition) is 8. The molecular formula is C34H31IN2O7. The van der Waals surface area contributed by atoms with Crippen molar-refractivity contribution in [1.82, 2.24) is 0 Å². The van der Waals surface area contributed by atoms with Crippen LogP contribution in [0.5, 0.6) is 11.5 Å². The van der Waals surface area contributed by atoms with E-state index < -0.39 is 23.7 Å². The summed E-state index contributed by atoms with van der Waals surface area (Å²) in [4.78, 5) is 58.7. The number of ether oxygens (including phenoxy) is 2. The molecule has 3 aliphatic carbocycles. The van der Waals surface area contributed by atoms with Gasteiger partial charge in [0.25, 0.3) is 0 Å². The van der Waals surface area contributed by atoms with Crippen LogP contribution in [-0.4, -0.2) is 61.9 Å². The van der Waals surface area contributed by atoms with E-state index >= 15 is 0 Å². The van der Waals surface area contributed by atoms with Gasteiger partial charge in [0, 0.05) is 41.4 Å². The van der Waals surface area contributed by atoms with Gasteiger partial charge in [-0.05, 0) is 96.3 Å². The molecule has 0 radical (unpaired) electrons. The van der Waals surface area contributed by atoms with Crippen molar-refractivity contribution in [2.75, 3.05) is 43.2 Å². The molecule has 2 aliphatic heterocycles. The highest BCUT2D eigenvalue weighted by molar-refractivity contribution is 14.1. The number of anilines is 2. The summed E-state index contributed by atoms with van der Waals surface area (Å²) in [5.41, 5.74) is 4.24. The quantitative estimate of drug-likeness (QED) is 0.215. The van der Waals surface area contributed by atoms with E-state index in [1.54, 1.807) is 19.1 Å². The second kappa shape index (κ2) is 11.0. The van der Waals surface area contributed by atoms with Gasteiger partial charge in [-0.2, -0.15) is 0 Å². The molecular weight excluding hydrogens is 675 g/mol. The van der Waals surface area contributed by atoms with Crippen LogP contribution in [0.1, 0.15) is 31.2 Å². The fraction of sp³-hybridized carbons (Fsp3) is 0.353. The Kier molecular flexibility index (Phi) is 7.24. The molecule has 44 heavy (non-hydrogen) atoms. The van der Waals surface area contributed by atoms with Gasteiger partial charge in [-0.25, -0.2) is 0 Å². The van der Waals surface area contributed by atoms with E-state index in [0.29, 0.717) is 51.2 Å². The zero-order valence-electron chi connectivity index (χ0n) is 24.3. The van der Waals surface area contributed by atoms with E-state index in [1.165, 1.54) is 18.1 Å². The topological polar surface area (TPSA) is 113 Å². The molecule has 2 heterocycles. The summed E-state index contributed by atoms with van der Waals surface area (Å²) in [5.74, 6) is -2.99. The van der Waals surface area contributed by atoms with Crippen LogP contribution >= 0.6 is 22.6 Å². The van der Waals surface area contributed by atoms with Crippen LogP contribution in [0.4, 0.5) is 11.4 Å². The van der Waals surface area contributed by atoms with Gasteiger partial charge >= 0.3 is 0 Å². The van der Waals surface area contributed by atoms with E-state index in [0.717, 1.165) is 24.4 Å². The Morgan fingerprint density at radius 1 is 0.977 bits per heavy atom. The van der Waals surface area contributed by atoms with Crippen molar-refractivity contribution in [1.29, 1.82) is 0 Å². The third-order valence-electron chi connectivity index (χ3n) is 9.65. The number of amides is 2. The number of halogens is 1. The van der Waals surface area contributed by atoms with Crippen molar-refractivity contribution in [3.8, 4) is 11.5 Å². The molecule has 1 N–H and O–H groups in total. The van der Waals surface area contributed by atoms with Gasteiger partial charge in [0.2, 0.25) is 11.8 Å². The maximum absolute atomic E-state index is 14.2. The molecule has 0 saturated carbocycles. The molecule has 4 atom stereocenters. The summed E-state index contributed by atoms with van der Waals surface area (Å²) in [6.07, 6.45) is 3.94. The van der Waals surface area contributed by atoms with E-state index in [2.05, 4.69) is 4.90 Å². The highest BCUT2D eigenvalue weighted by atomic mass is 127. The summed E-state index contributed by atoms with van der Waals surface area (Å²) >= 11 is 2.02. The minimum absolute atomic E-state index is 0.00950. The fourth-order valence-corrected chi connectivity index (χ4v) is 8.19. The number of nitrogens with zero attached hydrogens (tertiary/aromatic N) is 2. The van der Waals surface area contributed by atoms with E-state index in [1.807, 2.05) is 52.9 Å². The number of imide groups is 1. The molecule has 226 valence electrons. The van der Waals surface area contributed by atoms with Crippen LogP contribution < -0.4 is 14.5 Å². The number of ketones is 2. The van der Waals surface area contributed by atoms with Crippen molar-refractivity contribution >= 4 is 57.3 Å². The maximum atomic E-state index is 14.2. The van der Waals surface area contributed by atoms with Gasteiger partial charge in [0.1, 0.15) is 0 Å². The lowest BCUT2D eigenvalue weighted by Gasteiger charge is -2.42. The number of fused-ring (bicyclic) bond motifs is 3. The van der Waals surface area contributed by atoms with E-state index in [4.69, 9.17) is 9.47 Å². The number of benzene rings is 2. The van der Waals surface area contributed by atoms with Crippen molar-refractivity contribution in [3.05, 3.63) is 80.0 Å². The number of methoxy groups -OCH3 is 1. The van der Waals surface area contributed by atoms with Crippen molar-refractivity contribution in [2.45, 2.75) is 25.7 Å². The molecule has 2 amide bonds. The summed E-state index contributed by atoms with van der Waals surface area (Å²) < 4.78 is 11.4. The number of rotatable bonds is 4. The molecule has 0 aromatic heterocycles. The molecule has 2 saturated heterocycles. The fourth-order valence-electron chi connectivity index (χ4n) is 7.57. The number of carbonyl (C=O) groups excluding carboxylic acids is 4. The van der Waals surface area contributed by atoms with Crippen LogP contribution in [0.25, 0.3) is 0 Å². The van der Waals surface area contributed by atoms with Gasteiger partial charge < -0.3 is 19.5 Å². The highest BCUT2D eigenvalue weighted by Gasteiger charge is 2.56. The molecule has 7 rings (SSSR count).